The maximum Gasteiger partial charge on any atom is 0.417 e. The molecular formula is C24H23F3N2O4S. The maximum absolute atomic E-state index is 13.8. The van der Waals surface area contributed by atoms with Gasteiger partial charge >= 0.3 is 6.18 Å². The van der Waals surface area contributed by atoms with Gasteiger partial charge in [-0.15, -0.1) is 0 Å². The molecular weight excluding hydrogens is 469 g/mol. The van der Waals surface area contributed by atoms with Gasteiger partial charge in [-0.25, -0.2) is 0 Å². The summed E-state index contributed by atoms with van der Waals surface area (Å²) in [5.74, 6) is 0.230. The van der Waals surface area contributed by atoms with Crippen LogP contribution in [0.3, 0.4) is 0 Å². The van der Waals surface area contributed by atoms with Gasteiger partial charge in [0.05, 0.1) is 12.2 Å². The standard InChI is InChI=1S/C24H23F3N2O4S/c1-16(30)28-9-11-29(12-10-28)23(31)7-3-17-2-6-22(20(14-17)24(25,26)27)34-19-4-5-21-18(15-19)8-13-32-33-21/h2-7,14-15H,8-13H2,1H3. The zero-order valence-corrected chi connectivity index (χ0v) is 19.2. The number of nitrogens with zero attached hydrogens (tertiary/aromatic N) is 2. The molecule has 2 aliphatic rings. The highest BCUT2D eigenvalue weighted by Gasteiger charge is 2.34. The molecule has 1 fully saturated rings. The van der Waals surface area contributed by atoms with Crippen LogP contribution in [-0.4, -0.2) is 54.4 Å². The van der Waals surface area contributed by atoms with Gasteiger partial charge in [-0.2, -0.15) is 18.1 Å². The smallest absolute Gasteiger partial charge is 0.339 e. The molecule has 0 saturated carbocycles. The van der Waals surface area contributed by atoms with E-state index in [4.69, 9.17) is 9.78 Å². The molecule has 2 aromatic rings. The molecule has 34 heavy (non-hydrogen) atoms. The predicted octanol–water partition coefficient (Wildman–Crippen LogP) is 4.43. The van der Waals surface area contributed by atoms with E-state index in [0.29, 0.717) is 49.9 Å². The number of rotatable bonds is 4. The number of carbonyl (C=O) groups excluding carboxylic acids is 2. The van der Waals surface area contributed by atoms with Crippen LogP contribution in [0.1, 0.15) is 23.6 Å². The second-order valence-corrected chi connectivity index (χ2v) is 9.06. The first kappa shape index (κ1) is 24.2. The lowest BCUT2D eigenvalue weighted by atomic mass is 10.1. The second kappa shape index (κ2) is 10.1. The fourth-order valence-corrected chi connectivity index (χ4v) is 4.77. The Labute approximate surface area is 199 Å². The molecule has 2 aliphatic heterocycles. The van der Waals surface area contributed by atoms with E-state index < -0.39 is 11.7 Å². The van der Waals surface area contributed by atoms with Gasteiger partial charge in [0.1, 0.15) is 0 Å². The monoisotopic (exact) mass is 492 g/mol. The van der Waals surface area contributed by atoms with E-state index in [1.165, 1.54) is 25.1 Å². The van der Waals surface area contributed by atoms with Gasteiger partial charge in [0.25, 0.3) is 0 Å². The summed E-state index contributed by atoms with van der Waals surface area (Å²) >= 11 is 1.02. The number of benzene rings is 2. The first-order valence-corrected chi connectivity index (χ1v) is 11.6. The fraction of sp³-hybridized carbons (Fsp3) is 0.333. The number of hydrogen-bond donors (Lipinski definition) is 0. The van der Waals surface area contributed by atoms with Crippen molar-refractivity contribution in [3.8, 4) is 5.75 Å². The zero-order valence-electron chi connectivity index (χ0n) is 18.4. The third-order valence-electron chi connectivity index (χ3n) is 5.63. The normalized spacial score (nSPS) is 16.4. The number of carbonyl (C=O) groups is 2. The summed E-state index contributed by atoms with van der Waals surface area (Å²) in [6, 6.07) is 9.21. The van der Waals surface area contributed by atoms with E-state index in [-0.39, 0.29) is 22.3 Å². The van der Waals surface area contributed by atoms with Crippen molar-refractivity contribution in [2.75, 3.05) is 32.8 Å². The van der Waals surface area contributed by atoms with Crippen molar-refractivity contribution in [1.82, 2.24) is 9.80 Å². The summed E-state index contributed by atoms with van der Waals surface area (Å²) in [5.41, 5.74) is 0.398. The molecule has 6 nitrogen and oxygen atoms in total. The summed E-state index contributed by atoms with van der Waals surface area (Å²) in [6.07, 6.45) is -1.27. The first-order chi connectivity index (χ1) is 16.2. The Kier molecular flexibility index (Phi) is 7.18. The average molecular weight is 493 g/mol. The number of alkyl halides is 3. The van der Waals surface area contributed by atoms with Crippen molar-refractivity contribution in [2.45, 2.75) is 29.3 Å². The molecule has 0 aromatic heterocycles. The molecule has 0 spiro atoms. The van der Waals surface area contributed by atoms with Crippen molar-refractivity contribution >= 4 is 29.7 Å². The number of hydrogen-bond acceptors (Lipinski definition) is 5. The highest BCUT2D eigenvalue weighted by molar-refractivity contribution is 7.99. The van der Waals surface area contributed by atoms with Crippen LogP contribution in [0.2, 0.25) is 0 Å². The molecule has 0 bridgehead atoms. The molecule has 1 saturated heterocycles. The van der Waals surface area contributed by atoms with Crippen LogP contribution >= 0.6 is 11.8 Å². The van der Waals surface area contributed by atoms with Gasteiger partial charge in [0, 0.05) is 61.0 Å². The van der Waals surface area contributed by atoms with Crippen LogP contribution in [-0.2, 0) is 27.1 Å². The Morgan fingerprint density at radius 3 is 2.47 bits per heavy atom. The lowest BCUT2D eigenvalue weighted by Gasteiger charge is -2.33. The van der Waals surface area contributed by atoms with Crippen molar-refractivity contribution in [1.29, 1.82) is 0 Å². The number of halogens is 3. The zero-order chi connectivity index (χ0) is 24.3. The van der Waals surface area contributed by atoms with Gasteiger partial charge in [-0.3, -0.25) is 9.59 Å². The summed E-state index contributed by atoms with van der Waals surface area (Å²) in [5, 5.41) is 0. The SMILES string of the molecule is CC(=O)N1CCN(C(=O)C=Cc2ccc(Sc3ccc4c(c3)CCOO4)c(C(F)(F)F)c2)CC1. The average Bonchev–Trinajstić information content (AvgIpc) is 2.82. The quantitative estimate of drug-likeness (QED) is 0.467. The second-order valence-electron chi connectivity index (χ2n) is 7.94. The molecule has 2 aromatic carbocycles. The number of amides is 2. The Morgan fingerprint density at radius 1 is 1.03 bits per heavy atom. The third kappa shape index (κ3) is 5.74. The maximum atomic E-state index is 13.8. The van der Waals surface area contributed by atoms with Crippen molar-refractivity contribution in [3.63, 3.8) is 0 Å². The summed E-state index contributed by atoms with van der Waals surface area (Å²) in [4.78, 5) is 37.8. The molecule has 0 radical (unpaired) electrons. The lowest BCUT2D eigenvalue weighted by Crippen LogP contribution is -2.49. The van der Waals surface area contributed by atoms with E-state index in [1.807, 2.05) is 0 Å². The molecule has 10 heteroatoms. The molecule has 2 heterocycles. The van der Waals surface area contributed by atoms with E-state index in [2.05, 4.69) is 0 Å². The topological polar surface area (TPSA) is 59.1 Å². The van der Waals surface area contributed by atoms with Gasteiger partial charge in [0.15, 0.2) is 5.75 Å². The van der Waals surface area contributed by atoms with Gasteiger partial charge < -0.3 is 14.7 Å². The Morgan fingerprint density at radius 2 is 1.76 bits per heavy atom. The van der Waals surface area contributed by atoms with Crippen LogP contribution in [0.5, 0.6) is 5.75 Å². The van der Waals surface area contributed by atoms with E-state index >= 15 is 0 Å². The Hall–Kier alpha value is -2.98. The molecule has 0 N–H and O–H groups in total. The third-order valence-corrected chi connectivity index (χ3v) is 6.69. The van der Waals surface area contributed by atoms with Gasteiger partial charge in [-0.05, 0) is 42.0 Å². The minimum absolute atomic E-state index is 0.0435. The van der Waals surface area contributed by atoms with Crippen LogP contribution in [0.15, 0.2) is 52.3 Å². The molecule has 180 valence electrons. The predicted molar refractivity (Wildman–Crippen MR) is 120 cm³/mol. The van der Waals surface area contributed by atoms with Crippen molar-refractivity contribution in [2.24, 2.45) is 0 Å². The molecule has 0 unspecified atom stereocenters. The molecule has 0 aliphatic carbocycles. The molecule has 2 amide bonds. The van der Waals surface area contributed by atoms with Crippen LogP contribution in [0.4, 0.5) is 13.2 Å². The first-order valence-electron chi connectivity index (χ1n) is 10.7. The highest BCUT2D eigenvalue weighted by atomic mass is 32.2. The Balaban J connectivity index is 1.49. The fourth-order valence-electron chi connectivity index (χ4n) is 3.76. The molecule has 0 atom stereocenters. The Bertz CT molecular complexity index is 1110. The molecule has 4 rings (SSSR count). The summed E-state index contributed by atoms with van der Waals surface area (Å²) in [7, 11) is 0. The number of piperazine rings is 1. The summed E-state index contributed by atoms with van der Waals surface area (Å²) < 4.78 is 41.4. The van der Waals surface area contributed by atoms with Crippen LogP contribution in [0.25, 0.3) is 6.08 Å². The van der Waals surface area contributed by atoms with Crippen molar-refractivity contribution in [3.05, 3.63) is 59.2 Å². The van der Waals surface area contributed by atoms with E-state index in [9.17, 15) is 22.8 Å². The van der Waals surface area contributed by atoms with Crippen molar-refractivity contribution < 1.29 is 32.5 Å². The van der Waals surface area contributed by atoms with Gasteiger partial charge in [-0.1, -0.05) is 17.8 Å². The lowest BCUT2D eigenvalue weighted by molar-refractivity contribution is -0.215. The number of fused-ring (bicyclic) bond motifs is 1. The van der Waals surface area contributed by atoms with Crippen LogP contribution in [0, 0.1) is 0 Å². The van der Waals surface area contributed by atoms with E-state index in [1.54, 1.807) is 34.1 Å². The van der Waals surface area contributed by atoms with Crippen LogP contribution < -0.4 is 4.89 Å². The highest BCUT2D eigenvalue weighted by Crippen LogP contribution is 2.41. The minimum Gasteiger partial charge on any atom is -0.339 e. The van der Waals surface area contributed by atoms with Gasteiger partial charge in [0.2, 0.25) is 11.8 Å². The summed E-state index contributed by atoms with van der Waals surface area (Å²) in [6.45, 7) is 3.55. The van der Waals surface area contributed by atoms with E-state index in [0.717, 1.165) is 23.4 Å². The minimum atomic E-state index is -4.55. The largest absolute Gasteiger partial charge is 0.417 e.